The Morgan fingerprint density at radius 3 is 2.06 bits per heavy atom. The lowest BCUT2D eigenvalue weighted by atomic mass is 9.90. The summed E-state index contributed by atoms with van der Waals surface area (Å²) in [4.78, 5) is 0. The molecular weight excluding hydrogens is 231 g/mol. The van der Waals surface area contributed by atoms with Crippen LogP contribution < -0.4 is 0 Å². The van der Waals surface area contributed by atoms with Crippen LogP contribution in [0.25, 0.3) is 0 Å². The summed E-state index contributed by atoms with van der Waals surface area (Å²) in [5.74, 6) is 0.914. The molecule has 0 N–H and O–H groups in total. The Hall–Kier alpha value is -0.445. The summed E-state index contributed by atoms with van der Waals surface area (Å²) < 4.78 is 11.9. The van der Waals surface area contributed by atoms with Gasteiger partial charge in [-0.1, -0.05) is 30.3 Å². The normalized spacial score (nSPS) is 21.8. The molecule has 1 aliphatic heterocycles. The van der Waals surface area contributed by atoms with E-state index in [1.54, 1.807) is 11.6 Å². The summed E-state index contributed by atoms with van der Waals surface area (Å²) in [7, 11) is 0. The van der Waals surface area contributed by atoms with Crippen LogP contribution in [-0.4, -0.2) is 17.6 Å². The van der Waals surface area contributed by atoms with Crippen molar-refractivity contribution in [3.63, 3.8) is 0 Å². The highest BCUT2D eigenvalue weighted by molar-refractivity contribution is 8.23. The van der Waals surface area contributed by atoms with Gasteiger partial charge in [0, 0.05) is 5.75 Å². The van der Waals surface area contributed by atoms with Gasteiger partial charge in [0.2, 0.25) is 0 Å². The van der Waals surface area contributed by atoms with Crippen LogP contribution in [0.3, 0.4) is 0 Å². The van der Waals surface area contributed by atoms with Crippen molar-refractivity contribution < 1.29 is 9.31 Å². The molecule has 2 nitrogen and oxygen atoms in total. The lowest BCUT2D eigenvalue weighted by Gasteiger charge is -2.32. The van der Waals surface area contributed by atoms with Gasteiger partial charge in [0.1, 0.15) is 0 Å². The van der Waals surface area contributed by atoms with E-state index in [4.69, 9.17) is 9.31 Å². The minimum atomic E-state index is -0.235. The number of hydrogen-bond donors (Lipinski definition) is 0. The first-order chi connectivity index (χ1) is 7.91. The summed E-state index contributed by atoms with van der Waals surface area (Å²) in [5.41, 5.74) is 0.829. The largest absolute Gasteiger partial charge is 0.532 e. The zero-order valence-electron chi connectivity index (χ0n) is 10.9. The first-order valence-corrected chi connectivity index (χ1v) is 6.97. The molecule has 2 rings (SSSR count). The molecule has 1 fully saturated rings. The van der Waals surface area contributed by atoms with Gasteiger partial charge in [-0.15, -0.1) is 11.6 Å². The maximum absolute atomic E-state index is 5.93. The highest BCUT2D eigenvalue weighted by Crippen LogP contribution is 2.40. The molecule has 1 aliphatic rings. The van der Waals surface area contributed by atoms with Gasteiger partial charge in [-0.2, -0.15) is 0 Å². The van der Waals surface area contributed by atoms with Crippen molar-refractivity contribution in [1.29, 1.82) is 0 Å². The molecule has 1 aromatic carbocycles. The SMILES string of the molecule is CC1(C)OB(SCc2ccccc2)OC1(C)C. The molecule has 0 aromatic heterocycles. The monoisotopic (exact) mass is 250 g/mol. The molecule has 0 unspecified atom stereocenters. The predicted octanol–water partition coefficient (Wildman–Crippen LogP) is 3.51. The van der Waals surface area contributed by atoms with Crippen LogP contribution in [0.15, 0.2) is 30.3 Å². The van der Waals surface area contributed by atoms with Crippen molar-refractivity contribution in [2.24, 2.45) is 0 Å². The van der Waals surface area contributed by atoms with Gasteiger partial charge in [-0.25, -0.2) is 0 Å². The summed E-state index contributed by atoms with van der Waals surface area (Å²) in [6.45, 7) is 8.32. The van der Waals surface area contributed by atoms with Crippen molar-refractivity contribution in [3.05, 3.63) is 35.9 Å². The van der Waals surface area contributed by atoms with E-state index in [1.165, 1.54) is 5.56 Å². The van der Waals surface area contributed by atoms with E-state index >= 15 is 0 Å². The highest BCUT2D eigenvalue weighted by atomic mass is 32.2. The van der Waals surface area contributed by atoms with E-state index in [9.17, 15) is 0 Å². The summed E-state index contributed by atoms with van der Waals surface area (Å²) in [5, 5.41) is 0. The fourth-order valence-electron chi connectivity index (χ4n) is 1.60. The fourth-order valence-corrected chi connectivity index (χ4v) is 2.73. The van der Waals surface area contributed by atoms with Gasteiger partial charge >= 0.3 is 6.40 Å². The molecule has 92 valence electrons. The van der Waals surface area contributed by atoms with E-state index < -0.39 is 0 Å². The topological polar surface area (TPSA) is 18.5 Å². The van der Waals surface area contributed by atoms with Crippen LogP contribution in [-0.2, 0) is 15.1 Å². The standard InChI is InChI=1S/C13H19BO2S/c1-12(2)13(3,4)16-14(15-12)17-10-11-8-6-5-7-9-11/h5-9H,10H2,1-4H3. The minimum Gasteiger partial charge on any atom is -0.394 e. The van der Waals surface area contributed by atoms with Crippen molar-refractivity contribution in [1.82, 2.24) is 0 Å². The molecule has 0 atom stereocenters. The quantitative estimate of drug-likeness (QED) is 0.765. The molecular formula is C13H19BO2S. The smallest absolute Gasteiger partial charge is 0.394 e. The third-order valence-electron chi connectivity index (χ3n) is 3.46. The lowest BCUT2D eigenvalue weighted by molar-refractivity contribution is 0.00578. The summed E-state index contributed by atoms with van der Waals surface area (Å²) in [6.07, 6.45) is -0.166. The molecule has 4 heteroatoms. The average molecular weight is 250 g/mol. The van der Waals surface area contributed by atoms with Crippen LogP contribution >= 0.6 is 11.6 Å². The van der Waals surface area contributed by atoms with Gasteiger partial charge in [0.05, 0.1) is 11.2 Å². The van der Waals surface area contributed by atoms with Gasteiger partial charge in [-0.3, -0.25) is 0 Å². The summed E-state index contributed by atoms with van der Waals surface area (Å²) >= 11 is 1.70. The second-order valence-corrected chi connectivity index (χ2v) is 6.35. The van der Waals surface area contributed by atoms with E-state index in [2.05, 4.69) is 52.0 Å². The molecule has 1 saturated heterocycles. The molecule has 0 spiro atoms. The zero-order valence-corrected chi connectivity index (χ0v) is 11.7. The van der Waals surface area contributed by atoms with E-state index in [0.717, 1.165) is 5.75 Å². The third kappa shape index (κ3) is 2.87. The van der Waals surface area contributed by atoms with Crippen LogP contribution in [0.4, 0.5) is 0 Å². The molecule has 1 aromatic rings. The second kappa shape index (κ2) is 4.67. The molecule has 0 bridgehead atoms. The Bertz CT molecular complexity index is 362. The van der Waals surface area contributed by atoms with E-state index in [0.29, 0.717) is 0 Å². The summed E-state index contributed by atoms with van der Waals surface area (Å²) in [6, 6.07) is 10.4. The van der Waals surface area contributed by atoms with Crippen LogP contribution in [0.5, 0.6) is 0 Å². The van der Waals surface area contributed by atoms with Crippen LogP contribution in [0, 0.1) is 0 Å². The molecule has 0 amide bonds. The van der Waals surface area contributed by atoms with E-state index in [1.807, 2.05) is 6.07 Å². The average Bonchev–Trinajstić information content (AvgIpc) is 2.46. The van der Waals surface area contributed by atoms with Gasteiger partial charge in [0.25, 0.3) is 0 Å². The molecule has 0 radical (unpaired) electrons. The molecule has 17 heavy (non-hydrogen) atoms. The van der Waals surface area contributed by atoms with E-state index in [-0.39, 0.29) is 17.6 Å². The van der Waals surface area contributed by atoms with Crippen molar-refractivity contribution in [2.75, 3.05) is 0 Å². The molecule has 1 heterocycles. The zero-order chi connectivity index (χ0) is 12.5. The number of benzene rings is 1. The minimum absolute atomic E-state index is 0.166. The highest BCUT2D eigenvalue weighted by Gasteiger charge is 2.51. The lowest BCUT2D eigenvalue weighted by Crippen LogP contribution is -2.41. The van der Waals surface area contributed by atoms with Crippen LogP contribution in [0.2, 0.25) is 0 Å². The molecule has 0 saturated carbocycles. The van der Waals surface area contributed by atoms with Gasteiger partial charge < -0.3 is 9.31 Å². The predicted molar refractivity (Wildman–Crippen MR) is 73.8 cm³/mol. The van der Waals surface area contributed by atoms with Crippen molar-refractivity contribution in [3.8, 4) is 0 Å². The number of rotatable bonds is 3. The Morgan fingerprint density at radius 2 is 1.53 bits per heavy atom. The maximum atomic E-state index is 5.93. The van der Waals surface area contributed by atoms with Crippen LogP contribution in [0.1, 0.15) is 33.3 Å². The Balaban J connectivity index is 1.91. The second-order valence-electron chi connectivity index (χ2n) is 5.34. The molecule has 0 aliphatic carbocycles. The Labute approximate surface area is 108 Å². The first-order valence-electron chi connectivity index (χ1n) is 5.92. The van der Waals surface area contributed by atoms with Gasteiger partial charge in [0.15, 0.2) is 0 Å². The maximum Gasteiger partial charge on any atom is 0.532 e. The first kappa shape index (κ1) is 13.0. The Morgan fingerprint density at radius 1 is 1.00 bits per heavy atom. The van der Waals surface area contributed by atoms with Crippen molar-refractivity contribution in [2.45, 2.75) is 44.6 Å². The van der Waals surface area contributed by atoms with Gasteiger partial charge in [-0.05, 0) is 33.3 Å². The third-order valence-corrected chi connectivity index (χ3v) is 4.43. The fraction of sp³-hybridized carbons (Fsp3) is 0.538. The Kier molecular flexibility index (Phi) is 3.57. The number of hydrogen-bond acceptors (Lipinski definition) is 3. The van der Waals surface area contributed by atoms with Crippen molar-refractivity contribution >= 4 is 18.0 Å².